The van der Waals surface area contributed by atoms with Crippen molar-refractivity contribution >= 4 is 23.8 Å². The lowest BCUT2D eigenvalue weighted by molar-refractivity contribution is -0.142. The second-order valence-corrected chi connectivity index (χ2v) is 8.57. The van der Waals surface area contributed by atoms with Gasteiger partial charge in [-0.05, 0) is 35.1 Å². The molecule has 34 heavy (non-hydrogen) atoms. The van der Waals surface area contributed by atoms with Crippen LogP contribution in [0.4, 0.5) is 10.6 Å². The number of ether oxygens (including phenoxy) is 1. The number of amides is 2. The molecule has 0 spiro atoms. The van der Waals surface area contributed by atoms with Crippen LogP contribution < -0.4 is 10.6 Å². The molecule has 9 heteroatoms. The average Bonchev–Trinajstić information content (AvgIpc) is 3.56. The van der Waals surface area contributed by atoms with E-state index in [9.17, 15) is 19.5 Å². The molecule has 0 radical (unpaired) electrons. The van der Waals surface area contributed by atoms with Gasteiger partial charge in [-0.2, -0.15) is 5.10 Å². The summed E-state index contributed by atoms with van der Waals surface area (Å²) in [7, 11) is 0. The van der Waals surface area contributed by atoms with Gasteiger partial charge in [0.2, 0.25) is 0 Å². The monoisotopic (exact) mass is 460 g/mol. The zero-order valence-electron chi connectivity index (χ0n) is 18.3. The van der Waals surface area contributed by atoms with Crippen molar-refractivity contribution in [2.45, 2.75) is 31.2 Å². The fourth-order valence-electron chi connectivity index (χ4n) is 4.92. The lowest BCUT2D eigenvalue weighted by atomic mass is 9.98. The normalized spacial score (nSPS) is 18.7. The number of H-pyrrole nitrogens is 1. The van der Waals surface area contributed by atoms with E-state index in [1.165, 1.54) is 6.07 Å². The zero-order chi connectivity index (χ0) is 23.7. The second-order valence-electron chi connectivity index (χ2n) is 8.57. The van der Waals surface area contributed by atoms with Crippen molar-refractivity contribution in [3.63, 3.8) is 0 Å². The average molecular weight is 460 g/mol. The molecule has 2 amide bonds. The molecule has 0 bridgehead atoms. The fraction of sp³-hybridized carbons (Fsp3) is 0.280. The van der Waals surface area contributed by atoms with Crippen LogP contribution in [0.1, 0.15) is 46.8 Å². The standard InChI is InChI=1S/C25H24N4O5/c30-23(26-20-11-5-10-18(20)24(31)32)21-12-22(29-28-21)27-25(33)34-13-19-16-8-3-1-6-14(16)15-7-2-4-9-17(15)19/h1-4,6-9,12,18-20H,5,10-11,13H2,(H,26,30)(H,31,32)(H2,27,28,29,33)/t18-,20+/m1/s1. The van der Waals surface area contributed by atoms with Crippen LogP contribution in [-0.2, 0) is 9.53 Å². The molecule has 2 aliphatic rings. The molecule has 0 unspecified atom stereocenters. The molecule has 9 nitrogen and oxygen atoms in total. The van der Waals surface area contributed by atoms with Crippen molar-refractivity contribution in [1.29, 1.82) is 0 Å². The summed E-state index contributed by atoms with van der Waals surface area (Å²) >= 11 is 0. The number of carbonyl (C=O) groups excluding carboxylic acids is 2. The first-order valence-electron chi connectivity index (χ1n) is 11.2. The summed E-state index contributed by atoms with van der Waals surface area (Å²) < 4.78 is 5.49. The predicted octanol–water partition coefficient (Wildman–Crippen LogP) is 3.75. The number of anilines is 1. The summed E-state index contributed by atoms with van der Waals surface area (Å²) in [4.78, 5) is 36.2. The van der Waals surface area contributed by atoms with Gasteiger partial charge in [0.25, 0.3) is 5.91 Å². The Bertz CT molecular complexity index is 1210. The maximum Gasteiger partial charge on any atom is 0.412 e. The number of rotatable bonds is 6. The second kappa shape index (κ2) is 9.01. The van der Waals surface area contributed by atoms with E-state index in [-0.39, 0.29) is 24.0 Å². The Morgan fingerprint density at radius 3 is 2.38 bits per heavy atom. The molecule has 0 saturated heterocycles. The number of carboxylic acid groups (broad SMARTS) is 1. The van der Waals surface area contributed by atoms with Crippen molar-refractivity contribution in [3.05, 3.63) is 71.4 Å². The van der Waals surface area contributed by atoms with Crippen LogP contribution in [0.25, 0.3) is 11.1 Å². The van der Waals surface area contributed by atoms with Crippen LogP contribution in [0.2, 0.25) is 0 Å². The molecule has 2 aromatic carbocycles. The number of hydrogen-bond donors (Lipinski definition) is 4. The van der Waals surface area contributed by atoms with E-state index in [2.05, 4.69) is 33.0 Å². The smallest absolute Gasteiger partial charge is 0.412 e. The molecule has 1 aromatic heterocycles. The highest BCUT2D eigenvalue weighted by molar-refractivity contribution is 5.94. The Hall–Kier alpha value is -4.14. The summed E-state index contributed by atoms with van der Waals surface area (Å²) in [5.41, 5.74) is 4.64. The molecule has 5 rings (SSSR count). The van der Waals surface area contributed by atoms with Gasteiger partial charge >= 0.3 is 12.1 Å². The highest BCUT2D eigenvalue weighted by atomic mass is 16.5. The number of carbonyl (C=O) groups is 3. The van der Waals surface area contributed by atoms with Crippen molar-refractivity contribution in [3.8, 4) is 11.1 Å². The minimum atomic E-state index is -0.912. The zero-order valence-corrected chi connectivity index (χ0v) is 18.3. The van der Waals surface area contributed by atoms with E-state index in [1.54, 1.807) is 0 Å². The van der Waals surface area contributed by atoms with E-state index in [1.807, 2.05) is 36.4 Å². The minimum absolute atomic E-state index is 0.0627. The van der Waals surface area contributed by atoms with Crippen LogP contribution in [-0.4, -0.2) is 45.9 Å². The number of hydrogen-bond acceptors (Lipinski definition) is 5. The van der Waals surface area contributed by atoms with Gasteiger partial charge in [-0.1, -0.05) is 55.0 Å². The van der Waals surface area contributed by atoms with Gasteiger partial charge in [0.05, 0.1) is 5.92 Å². The predicted molar refractivity (Wildman–Crippen MR) is 124 cm³/mol. The molecule has 174 valence electrons. The van der Waals surface area contributed by atoms with E-state index in [0.29, 0.717) is 12.8 Å². The van der Waals surface area contributed by atoms with E-state index < -0.39 is 29.9 Å². The Balaban J connectivity index is 1.19. The molecule has 4 N–H and O–H groups in total. The molecule has 3 aromatic rings. The number of carboxylic acids is 1. The molecule has 2 aliphatic carbocycles. The first-order valence-corrected chi connectivity index (χ1v) is 11.2. The molecule has 0 aliphatic heterocycles. The fourth-order valence-corrected chi connectivity index (χ4v) is 4.92. The third-order valence-corrected chi connectivity index (χ3v) is 6.55. The van der Waals surface area contributed by atoms with E-state index in [0.717, 1.165) is 28.7 Å². The highest BCUT2D eigenvalue weighted by Crippen LogP contribution is 2.44. The van der Waals surface area contributed by atoms with Crippen LogP contribution in [0.3, 0.4) is 0 Å². The topological polar surface area (TPSA) is 133 Å². The molecule has 1 heterocycles. The van der Waals surface area contributed by atoms with Gasteiger partial charge < -0.3 is 15.2 Å². The number of nitrogens with one attached hydrogen (secondary N) is 3. The Morgan fingerprint density at radius 1 is 1.03 bits per heavy atom. The molecule has 2 atom stereocenters. The summed E-state index contributed by atoms with van der Waals surface area (Å²) in [6, 6.07) is 17.1. The number of nitrogens with zero attached hydrogens (tertiary/aromatic N) is 1. The van der Waals surface area contributed by atoms with E-state index in [4.69, 9.17) is 4.74 Å². The van der Waals surface area contributed by atoms with Gasteiger partial charge in [0.1, 0.15) is 12.3 Å². The van der Waals surface area contributed by atoms with Gasteiger partial charge in [0.15, 0.2) is 5.82 Å². The Kier molecular flexibility index (Phi) is 5.75. The summed E-state index contributed by atoms with van der Waals surface area (Å²) in [6.07, 6.45) is 1.22. The van der Waals surface area contributed by atoms with Crippen LogP contribution in [0.15, 0.2) is 54.6 Å². The number of aliphatic carboxylic acids is 1. The van der Waals surface area contributed by atoms with Crippen LogP contribution in [0.5, 0.6) is 0 Å². The minimum Gasteiger partial charge on any atom is -0.481 e. The Morgan fingerprint density at radius 2 is 1.71 bits per heavy atom. The summed E-state index contributed by atoms with van der Waals surface area (Å²) in [5, 5.41) is 21.1. The van der Waals surface area contributed by atoms with Crippen LogP contribution in [0, 0.1) is 5.92 Å². The number of benzene rings is 2. The van der Waals surface area contributed by atoms with Gasteiger partial charge in [0, 0.05) is 18.0 Å². The molecular formula is C25H24N4O5. The quantitative estimate of drug-likeness (QED) is 0.443. The SMILES string of the molecule is O=C(Nc1cc(C(=O)N[C@H]2CCC[C@H]2C(=O)O)[nH]n1)OCC1c2ccccc2-c2ccccc21. The van der Waals surface area contributed by atoms with Gasteiger partial charge in [-0.25, -0.2) is 4.79 Å². The first-order chi connectivity index (χ1) is 16.5. The lowest BCUT2D eigenvalue weighted by Gasteiger charge is -2.16. The number of fused-ring (bicyclic) bond motifs is 3. The van der Waals surface area contributed by atoms with Crippen molar-refractivity contribution in [2.24, 2.45) is 5.92 Å². The third kappa shape index (κ3) is 4.12. The van der Waals surface area contributed by atoms with Gasteiger partial charge in [-0.3, -0.25) is 20.0 Å². The largest absolute Gasteiger partial charge is 0.481 e. The molecule has 1 fully saturated rings. The third-order valence-electron chi connectivity index (χ3n) is 6.55. The maximum atomic E-state index is 12.5. The summed E-state index contributed by atoms with van der Waals surface area (Å²) in [6.45, 7) is 0.163. The van der Waals surface area contributed by atoms with Crippen molar-refractivity contribution < 1.29 is 24.2 Å². The van der Waals surface area contributed by atoms with E-state index >= 15 is 0 Å². The lowest BCUT2D eigenvalue weighted by Crippen LogP contribution is -2.40. The number of aromatic amines is 1. The van der Waals surface area contributed by atoms with Crippen molar-refractivity contribution in [2.75, 3.05) is 11.9 Å². The molecule has 1 saturated carbocycles. The Labute approximate surface area is 195 Å². The van der Waals surface area contributed by atoms with Crippen molar-refractivity contribution in [1.82, 2.24) is 15.5 Å². The van der Waals surface area contributed by atoms with Crippen LogP contribution >= 0.6 is 0 Å². The van der Waals surface area contributed by atoms with Gasteiger partial charge in [-0.15, -0.1) is 0 Å². The maximum absolute atomic E-state index is 12.5. The first kappa shape index (κ1) is 21.7. The summed E-state index contributed by atoms with van der Waals surface area (Å²) in [5.74, 6) is -1.89. The number of aromatic nitrogens is 2. The highest BCUT2D eigenvalue weighted by Gasteiger charge is 2.34. The molecular weight excluding hydrogens is 436 g/mol.